The maximum absolute atomic E-state index is 12.0. The first-order valence-electron chi connectivity index (χ1n) is 6.83. The van der Waals surface area contributed by atoms with Gasteiger partial charge in [0.15, 0.2) is 0 Å². The quantitative estimate of drug-likeness (QED) is 0.416. The number of hydrogen-bond donors (Lipinski definition) is 1. The van der Waals surface area contributed by atoms with Gasteiger partial charge in [-0.15, -0.1) is 12.3 Å². The maximum atomic E-state index is 12.0. The van der Waals surface area contributed by atoms with Crippen LogP contribution < -0.4 is 0 Å². The van der Waals surface area contributed by atoms with Crippen LogP contribution >= 0.6 is 0 Å². The topological polar surface area (TPSA) is 46.5 Å². The maximum Gasteiger partial charge on any atom is 0.319 e. The third-order valence-electron chi connectivity index (χ3n) is 3.08. The molecule has 0 bridgehead atoms. The lowest BCUT2D eigenvalue weighted by Crippen LogP contribution is -2.38. The Morgan fingerprint density at radius 2 is 2.16 bits per heavy atom. The predicted molar refractivity (Wildman–Crippen MR) is 77.7 cm³/mol. The molecule has 0 radical (unpaired) electrons. The number of unbranched alkanes of at least 4 members (excludes halogenated alkanes) is 1. The summed E-state index contributed by atoms with van der Waals surface area (Å²) in [7, 11) is 0. The molecule has 1 N–H and O–H groups in total. The van der Waals surface area contributed by atoms with Crippen molar-refractivity contribution in [2.24, 2.45) is 5.41 Å². The highest BCUT2D eigenvalue weighted by Gasteiger charge is 2.38. The summed E-state index contributed by atoms with van der Waals surface area (Å²) in [6, 6.07) is 0. The molecule has 0 aliphatic heterocycles. The summed E-state index contributed by atoms with van der Waals surface area (Å²) in [6.07, 6.45) is 5.10. The lowest BCUT2D eigenvalue weighted by atomic mass is 9.84. The van der Waals surface area contributed by atoms with E-state index >= 15 is 0 Å². The van der Waals surface area contributed by atoms with Crippen LogP contribution in [0.2, 0.25) is 0 Å². The fourth-order valence-corrected chi connectivity index (χ4v) is 1.58. The first kappa shape index (κ1) is 17.7. The molecule has 3 nitrogen and oxygen atoms in total. The molecule has 108 valence electrons. The molecule has 0 spiro atoms. The van der Waals surface area contributed by atoms with E-state index in [0.717, 1.165) is 24.8 Å². The van der Waals surface area contributed by atoms with Gasteiger partial charge in [-0.2, -0.15) is 0 Å². The number of aliphatic hydroxyl groups is 1. The third kappa shape index (κ3) is 5.46. The molecule has 2 atom stereocenters. The highest BCUT2D eigenvalue weighted by Crippen LogP contribution is 2.26. The third-order valence-corrected chi connectivity index (χ3v) is 3.08. The summed E-state index contributed by atoms with van der Waals surface area (Å²) in [4.78, 5) is 12.0. The van der Waals surface area contributed by atoms with E-state index in [1.54, 1.807) is 19.9 Å². The van der Waals surface area contributed by atoms with E-state index in [0.29, 0.717) is 0 Å². The summed E-state index contributed by atoms with van der Waals surface area (Å²) < 4.78 is 5.02. The SMILES string of the molecule is C=CC(O)C(C)(C=C=C(C)CCCC)C(=O)OCC. The molecule has 0 aliphatic carbocycles. The first-order valence-corrected chi connectivity index (χ1v) is 6.83. The van der Waals surface area contributed by atoms with E-state index in [1.165, 1.54) is 6.08 Å². The first-order chi connectivity index (χ1) is 8.92. The van der Waals surface area contributed by atoms with Crippen molar-refractivity contribution in [1.29, 1.82) is 0 Å². The lowest BCUT2D eigenvalue weighted by Gasteiger charge is -2.26. The highest BCUT2D eigenvalue weighted by atomic mass is 16.5. The van der Waals surface area contributed by atoms with Gasteiger partial charge in [0.1, 0.15) is 5.41 Å². The summed E-state index contributed by atoms with van der Waals surface area (Å²) in [6.45, 7) is 11.3. The number of esters is 1. The number of rotatable bonds is 8. The van der Waals surface area contributed by atoms with E-state index in [1.807, 2.05) is 6.92 Å². The molecule has 0 aromatic rings. The molecular formula is C16H26O3. The zero-order valence-corrected chi connectivity index (χ0v) is 12.5. The molecule has 2 unspecified atom stereocenters. The van der Waals surface area contributed by atoms with Gasteiger partial charge in [0.2, 0.25) is 0 Å². The Balaban J connectivity index is 5.21. The minimum Gasteiger partial charge on any atom is -0.465 e. The van der Waals surface area contributed by atoms with Crippen LogP contribution in [0.1, 0.15) is 47.0 Å². The molecule has 0 aliphatic rings. The van der Waals surface area contributed by atoms with Gasteiger partial charge in [0.25, 0.3) is 0 Å². The number of carbonyl (C=O) groups excluding carboxylic acids is 1. The van der Waals surface area contributed by atoms with Crippen molar-refractivity contribution in [3.8, 4) is 0 Å². The van der Waals surface area contributed by atoms with Gasteiger partial charge < -0.3 is 9.84 Å². The second kappa shape index (κ2) is 8.73. The number of aliphatic hydroxyl groups excluding tert-OH is 1. The Labute approximate surface area is 116 Å². The van der Waals surface area contributed by atoms with Crippen LogP contribution in [0.25, 0.3) is 0 Å². The van der Waals surface area contributed by atoms with Gasteiger partial charge in [-0.25, -0.2) is 0 Å². The summed E-state index contributed by atoms with van der Waals surface area (Å²) in [5.41, 5.74) is 3.03. The Morgan fingerprint density at radius 3 is 2.63 bits per heavy atom. The van der Waals surface area contributed by atoms with Crippen LogP contribution in [-0.4, -0.2) is 23.8 Å². The van der Waals surface area contributed by atoms with Crippen molar-refractivity contribution in [2.75, 3.05) is 6.61 Å². The second-order valence-electron chi connectivity index (χ2n) is 4.86. The van der Waals surface area contributed by atoms with Crippen molar-refractivity contribution < 1.29 is 14.6 Å². The van der Waals surface area contributed by atoms with Crippen molar-refractivity contribution in [2.45, 2.75) is 53.1 Å². The molecular weight excluding hydrogens is 240 g/mol. The van der Waals surface area contributed by atoms with E-state index < -0.39 is 17.5 Å². The van der Waals surface area contributed by atoms with Crippen LogP contribution in [0.4, 0.5) is 0 Å². The molecule has 0 fully saturated rings. The van der Waals surface area contributed by atoms with Crippen molar-refractivity contribution in [3.63, 3.8) is 0 Å². The molecule has 0 saturated carbocycles. The van der Waals surface area contributed by atoms with Gasteiger partial charge in [-0.3, -0.25) is 4.79 Å². The monoisotopic (exact) mass is 266 g/mol. The van der Waals surface area contributed by atoms with Crippen molar-refractivity contribution in [3.05, 3.63) is 30.0 Å². The van der Waals surface area contributed by atoms with Gasteiger partial charge in [-0.05, 0) is 45.3 Å². The average molecular weight is 266 g/mol. The van der Waals surface area contributed by atoms with E-state index in [2.05, 4.69) is 19.2 Å². The molecule has 0 saturated heterocycles. The molecule has 0 rings (SSSR count). The zero-order valence-electron chi connectivity index (χ0n) is 12.5. The van der Waals surface area contributed by atoms with Crippen LogP contribution in [0.3, 0.4) is 0 Å². The van der Waals surface area contributed by atoms with Crippen LogP contribution in [0.15, 0.2) is 30.0 Å². The molecule has 19 heavy (non-hydrogen) atoms. The second-order valence-corrected chi connectivity index (χ2v) is 4.86. The van der Waals surface area contributed by atoms with Crippen LogP contribution in [-0.2, 0) is 9.53 Å². The molecule has 3 heteroatoms. The summed E-state index contributed by atoms with van der Waals surface area (Å²) in [5.74, 6) is -0.460. The predicted octanol–water partition coefficient (Wildman–Crippen LogP) is 3.39. The van der Waals surface area contributed by atoms with E-state index in [-0.39, 0.29) is 6.61 Å². The molecule has 0 heterocycles. The Kier molecular flexibility index (Phi) is 8.13. The van der Waals surface area contributed by atoms with Gasteiger partial charge >= 0.3 is 5.97 Å². The van der Waals surface area contributed by atoms with Gasteiger partial charge in [0.05, 0.1) is 12.7 Å². The molecule has 0 aromatic heterocycles. The van der Waals surface area contributed by atoms with E-state index in [4.69, 9.17) is 4.74 Å². The minimum atomic E-state index is -1.13. The fourth-order valence-electron chi connectivity index (χ4n) is 1.58. The Bertz CT molecular complexity index is 364. The number of ether oxygens (including phenoxy) is 1. The Morgan fingerprint density at radius 1 is 1.53 bits per heavy atom. The fraction of sp³-hybridized carbons (Fsp3) is 0.625. The molecule has 0 aromatic carbocycles. The van der Waals surface area contributed by atoms with E-state index in [9.17, 15) is 9.90 Å². The minimum absolute atomic E-state index is 0.282. The lowest BCUT2D eigenvalue weighted by molar-refractivity contribution is -0.155. The highest BCUT2D eigenvalue weighted by molar-refractivity contribution is 5.79. The van der Waals surface area contributed by atoms with Gasteiger partial charge in [-0.1, -0.05) is 19.4 Å². The van der Waals surface area contributed by atoms with Crippen molar-refractivity contribution >= 4 is 5.97 Å². The van der Waals surface area contributed by atoms with Gasteiger partial charge in [0, 0.05) is 0 Å². The van der Waals surface area contributed by atoms with Crippen molar-refractivity contribution in [1.82, 2.24) is 0 Å². The summed E-state index contributed by atoms with van der Waals surface area (Å²) in [5, 5.41) is 9.96. The smallest absolute Gasteiger partial charge is 0.319 e. The average Bonchev–Trinajstić information content (AvgIpc) is 2.41. The standard InChI is InChI=1S/C16H26O3/c1-6-9-10-13(4)11-12-16(5,14(17)7-2)15(18)19-8-3/h7,12,14,17H,2,6,8-10H2,1,3-5H3. The molecule has 0 amide bonds. The number of carbonyl (C=O) groups is 1. The van der Waals surface area contributed by atoms with Crippen LogP contribution in [0, 0.1) is 5.41 Å². The largest absolute Gasteiger partial charge is 0.465 e. The summed E-state index contributed by atoms with van der Waals surface area (Å²) >= 11 is 0. The number of hydrogen-bond acceptors (Lipinski definition) is 3. The normalized spacial score (nSPS) is 14.8. The zero-order chi connectivity index (χ0) is 14.9. The Hall–Kier alpha value is -1.31. The van der Waals surface area contributed by atoms with Crippen LogP contribution in [0.5, 0.6) is 0 Å².